The molecule has 1 heteroatoms. The fourth-order valence-electron chi connectivity index (χ4n) is 9.87. The van der Waals surface area contributed by atoms with Gasteiger partial charge in [-0.15, -0.1) is 0 Å². The summed E-state index contributed by atoms with van der Waals surface area (Å²) in [4.78, 5) is 2.46. The Bertz CT molecular complexity index is 3690. The summed E-state index contributed by atoms with van der Waals surface area (Å²) >= 11 is 0. The maximum Gasteiger partial charge on any atom is 0.0546 e. The molecule has 0 spiro atoms. The van der Waals surface area contributed by atoms with E-state index in [0.717, 1.165) is 22.6 Å². The number of hydrogen-bond donors (Lipinski definition) is 0. The zero-order chi connectivity index (χ0) is 43.1. The average Bonchev–Trinajstić information content (AvgIpc) is 3.39. The molecule has 0 unspecified atom stereocenters. The summed E-state index contributed by atoms with van der Waals surface area (Å²) in [7, 11) is 0. The van der Waals surface area contributed by atoms with Crippen molar-refractivity contribution >= 4 is 60.2 Å². The van der Waals surface area contributed by atoms with Crippen LogP contribution in [0, 0.1) is 0 Å². The maximum absolute atomic E-state index is 2.46. The summed E-state index contributed by atoms with van der Waals surface area (Å²) in [5, 5.41) is 9.94. The van der Waals surface area contributed by atoms with Crippen molar-refractivity contribution in [1.29, 1.82) is 0 Å². The Balaban J connectivity index is 1.06. The highest BCUT2D eigenvalue weighted by molar-refractivity contribution is 6.14. The molecule has 12 aromatic rings. The standard InChI is InChI=1S/C64H43N/c1-2-15-44(16-3-1)49-22-12-23-50(41-49)45-31-36-53(37-32-45)65(54-38-33-48(34-39-54)63-42-51-19-6-9-26-58(51)59-27-10-11-28-61(59)63)64-43-52(57-29-13-20-46-17-4-7-24-55(46)57)35-40-62(64)60-30-14-21-47-18-5-8-25-56(47)60/h1-43H. The quantitative estimate of drug-likeness (QED) is 0.138. The molecule has 0 saturated heterocycles. The molecule has 1 nitrogen and oxygen atoms in total. The van der Waals surface area contributed by atoms with Gasteiger partial charge in [0, 0.05) is 16.9 Å². The van der Waals surface area contributed by atoms with E-state index in [1.165, 1.54) is 93.2 Å². The van der Waals surface area contributed by atoms with Crippen molar-refractivity contribution in [3.05, 3.63) is 261 Å². The van der Waals surface area contributed by atoms with Gasteiger partial charge in [-0.05, 0) is 136 Å². The third-order valence-corrected chi connectivity index (χ3v) is 13.1. The summed E-state index contributed by atoms with van der Waals surface area (Å²) < 4.78 is 0. The number of rotatable bonds is 8. The number of nitrogens with zero attached hydrogens (tertiary/aromatic N) is 1. The fraction of sp³-hybridized carbons (Fsp3) is 0. The fourth-order valence-corrected chi connectivity index (χ4v) is 9.87. The summed E-state index contributed by atoms with van der Waals surface area (Å²) in [5.41, 5.74) is 15.2. The largest absolute Gasteiger partial charge is 0.310 e. The van der Waals surface area contributed by atoms with Gasteiger partial charge in [-0.1, -0.05) is 218 Å². The molecule has 0 N–H and O–H groups in total. The minimum atomic E-state index is 1.08. The Morgan fingerprint density at radius 2 is 0.662 bits per heavy atom. The third kappa shape index (κ3) is 7.01. The Morgan fingerprint density at radius 3 is 1.34 bits per heavy atom. The normalized spacial score (nSPS) is 11.4. The highest BCUT2D eigenvalue weighted by atomic mass is 15.1. The lowest BCUT2D eigenvalue weighted by molar-refractivity contribution is 1.28. The van der Waals surface area contributed by atoms with Crippen LogP contribution < -0.4 is 4.90 Å². The van der Waals surface area contributed by atoms with E-state index in [9.17, 15) is 0 Å². The molecular weight excluding hydrogens is 783 g/mol. The van der Waals surface area contributed by atoms with Gasteiger partial charge >= 0.3 is 0 Å². The van der Waals surface area contributed by atoms with Crippen LogP contribution in [0.2, 0.25) is 0 Å². The molecule has 0 aliphatic carbocycles. The van der Waals surface area contributed by atoms with Crippen LogP contribution in [0.1, 0.15) is 0 Å². The van der Waals surface area contributed by atoms with Crippen LogP contribution in [0.4, 0.5) is 17.1 Å². The van der Waals surface area contributed by atoms with Gasteiger partial charge in [-0.25, -0.2) is 0 Å². The van der Waals surface area contributed by atoms with Crippen molar-refractivity contribution in [2.45, 2.75) is 0 Å². The smallest absolute Gasteiger partial charge is 0.0546 e. The molecule has 0 bridgehead atoms. The molecule has 0 atom stereocenters. The molecule has 0 amide bonds. The van der Waals surface area contributed by atoms with Gasteiger partial charge in [0.05, 0.1) is 5.69 Å². The van der Waals surface area contributed by atoms with Crippen molar-refractivity contribution in [2.75, 3.05) is 4.90 Å². The highest BCUT2D eigenvalue weighted by Crippen LogP contribution is 2.46. The van der Waals surface area contributed by atoms with Crippen molar-refractivity contribution in [1.82, 2.24) is 0 Å². The molecule has 12 rings (SSSR count). The molecular formula is C64H43N. The predicted molar refractivity (Wildman–Crippen MR) is 278 cm³/mol. The van der Waals surface area contributed by atoms with Gasteiger partial charge in [0.25, 0.3) is 0 Å². The van der Waals surface area contributed by atoms with E-state index in [2.05, 4.69) is 266 Å². The highest BCUT2D eigenvalue weighted by Gasteiger charge is 2.21. The lowest BCUT2D eigenvalue weighted by Gasteiger charge is -2.29. The number of fused-ring (bicyclic) bond motifs is 5. The minimum Gasteiger partial charge on any atom is -0.310 e. The Labute approximate surface area is 379 Å². The lowest BCUT2D eigenvalue weighted by Crippen LogP contribution is -2.11. The number of anilines is 3. The van der Waals surface area contributed by atoms with Gasteiger partial charge in [0.15, 0.2) is 0 Å². The first-order chi connectivity index (χ1) is 32.2. The molecule has 0 aromatic heterocycles. The Morgan fingerprint density at radius 1 is 0.200 bits per heavy atom. The summed E-state index contributed by atoms with van der Waals surface area (Å²) in [6.45, 7) is 0. The van der Waals surface area contributed by atoms with Crippen molar-refractivity contribution < 1.29 is 0 Å². The van der Waals surface area contributed by atoms with Gasteiger partial charge in [-0.3, -0.25) is 0 Å². The molecule has 65 heavy (non-hydrogen) atoms. The van der Waals surface area contributed by atoms with Crippen LogP contribution in [0.5, 0.6) is 0 Å². The maximum atomic E-state index is 2.46. The number of benzene rings is 12. The van der Waals surface area contributed by atoms with Crippen LogP contribution in [-0.2, 0) is 0 Å². The summed E-state index contributed by atoms with van der Waals surface area (Å²) in [6.07, 6.45) is 0. The van der Waals surface area contributed by atoms with E-state index in [1.807, 2.05) is 0 Å². The van der Waals surface area contributed by atoms with Crippen molar-refractivity contribution in [3.63, 3.8) is 0 Å². The van der Waals surface area contributed by atoms with Crippen LogP contribution in [0.3, 0.4) is 0 Å². The second-order valence-electron chi connectivity index (χ2n) is 16.9. The predicted octanol–water partition coefficient (Wildman–Crippen LogP) is 18.1. The third-order valence-electron chi connectivity index (χ3n) is 13.1. The monoisotopic (exact) mass is 825 g/mol. The minimum absolute atomic E-state index is 1.08. The van der Waals surface area contributed by atoms with E-state index in [1.54, 1.807) is 0 Å². The molecule has 0 heterocycles. The van der Waals surface area contributed by atoms with Gasteiger partial charge < -0.3 is 4.90 Å². The van der Waals surface area contributed by atoms with E-state index < -0.39 is 0 Å². The molecule has 304 valence electrons. The van der Waals surface area contributed by atoms with Gasteiger partial charge in [-0.2, -0.15) is 0 Å². The van der Waals surface area contributed by atoms with Crippen molar-refractivity contribution in [3.8, 4) is 55.6 Å². The zero-order valence-corrected chi connectivity index (χ0v) is 35.8. The first kappa shape index (κ1) is 38.2. The molecule has 0 aliphatic heterocycles. The van der Waals surface area contributed by atoms with Gasteiger partial charge in [0.2, 0.25) is 0 Å². The van der Waals surface area contributed by atoms with E-state index in [0.29, 0.717) is 0 Å². The van der Waals surface area contributed by atoms with Crippen LogP contribution in [-0.4, -0.2) is 0 Å². The van der Waals surface area contributed by atoms with Crippen LogP contribution >= 0.6 is 0 Å². The van der Waals surface area contributed by atoms with Crippen molar-refractivity contribution in [2.24, 2.45) is 0 Å². The van der Waals surface area contributed by atoms with E-state index in [4.69, 9.17) is 0 Å². The number of hydrogen-bond acceptors (Lipinski definition) is 1. The molecule has 0 radical (unpaired) electrons. The Hall–Kier alpha value is -8.52. The first-order valence-electron chi connectivity index (χ1n) is 22.4. The molecule has 0 saturated carbocycles. The van der Waals surface area contributed by atoms with E-state index in [-0.39, 0.29) is 0 Å². The lowest BCUT2D eigenvalue weighted by atomic mass is 9.91. The summed E-state index contributed by atoms with van der Waals surface area (Å²) in [6, 6.07) is 95.4. The van der Waals surface area contributed by atoms with Gasteiger partial charge in [0.1, 0.15) is 0 Å². The zero-order valence-electron chi connectivity index (χ0n) is 35.8. The van der Waals surface area contributed by atoms with E-state index >= 15 is 0 Å². The molecule has 0 aliphatic rings. The SMILES string of the molecule is c1ccc(-c2cccc(-c3ccc(N(c4ccc(-c5cc6ccccc6c6ccccc56)cc4)c4cc(-c5cccc6ccccc56)ccc4-c4cccc5ccccc45)cc3)c2)cc1. The topological polar surface area (TPSA) is 3.24 Å². The Kier molecular flexibility index (Phi) is 9.58. The molecule has 12 aromatic carbocycles. The van der Waals surface area contributed by atoms with Crippen LogP contribution in [0.25, 0.3) is 98.7 Å². The van der Waals surface area contributed by atoms with Crippen LogP contribution in [0.15, 0.2) is 261 Å². The molecule has 0 fully saturated rings. The second-order valence-corrected chi connectivity index (χ2v) is 16.9. The first-order valence-corrected chi connectivity index (χ1v) is 22.4. The average molecular weight is 826 g/mol. The summed E-state index contributed by atoms with van der Waals surface area (Å²) in [5.74, 6) is 0. The second kappa shape index (κ2) is 16.3.